The van der Waals surface area contributed by atoms with Crippen molar-refractivity contribution in [1.82, 2.24) is 14.7 Å². The van der Waals surface area contributed by atoms with Gasteiger partial charge in [-0.1, -0.05) is 12.8 Å². The van der Waals surface area contributed by atoms with Crippen LogP contribution in [0.1, 0.15) is 32.1 Å². The van der Waals surface area contributed by atoms with Crippen LogP contribution in [0.15, 0.2) is 0 Å². The molecule has 3 aliphatic rings. The molecule has 3 amide bonds. The lowest BCUT2D eigenvalue weighted by Crippen LogP contribution is -2.49. The van der Waals surface area contributed by atoms with Gasteiger partial charge in [0, 0.05) is 39.3 Å². The molecule has 22 heavy (non-hydrogen) atoms. The van der Waals surface area contributed by atoms with E-state index in [1.807, 2.05) is 9.80 Å². The van der Waals surface area contributed by atoms with E-state index >= 15 is 0 Å². The number of hydrogen-bond donors (Lipinski definition) is 0. The second-order valence-electron chi connectivity index (χ2n) is 6.65. The van der Waals surface area contributed by atoms with Crippen LogP contribution in [0.2, 0.25) is 0 Å². The number of nitrogens with zero attached hydrogens (tertiary/aromatic N) is 3. The van der Waals surface area contributed by atoms with Gasteiger partial charge in [0.1, 0.15) is 0 Å². The summed E-state index contributed by atoms with van der Waals surface area (Å²) >= 11 is 0. The molecule has 0 aromatic rings. The fraction of sp³-hybridized carbons (Fsp3) is 0.812. The standard InChI is InChI=1S/C16H25N3O3/c20-12-17-7-9-19(10-8-17)16(22)14-11-13(14)15(21)18-5-3-1-2-4-6-18/h12-14H,1-11H2. The topological polar surface area (TPSA) is 60.9 Å². The lowest BCUT2D eigenvalue weighted by molar-refractivity contribution is -0.139. The van der Waals surface area contributed by atoms with Crippen molar-refractivity contribution >= 4 is 18.2 Å². The monoisotopic (exact) mass is 307 g/mol. The average Bonchev–Trinajstić information content (AvgIpc) is 3.37. The summed E-state index contributed by atoms with van der Waals surface area (Å²) in [4.78, 5) is 41.2. The first-order chi connectivity index (χ1) is 10.7. The molecule has 2 saturated heterocycles. The molecular weight excluding hydrogens is 282 g/mol. The van der Waals surface area contributed by atoms with Crippen LogP contribution >= 0.6 is 0 Å². The summed E-state index contributed by atoms with van der Waals surface area (Å²) in [6.45, 7) is 4.11. The van der Waals surface area contributed by atoms with Gasteiger partial charge in [-0.25, -0.2) is 0 Å². The van der Waals surface area contributed by atoms with Gasteiger partial charge in [0.2, 0.25) is 18.2 Å². The van der Waals surface area contributed by atoms with Gasteiger partial charge in [-0.3, -0.25) is 14.4 Å². The van der Waals surface area contributed by atoms with Gasteiger partial charge in [-0.05, 0) is 19.3 Å². The predicted molar refractivity (Wildman–Crippen MR) is 80.9 cm³/mol. The lowest BCUT2D eigenvalue weighted by atomic mass is 10.2. The smallest absolute Gasteiger partial charge is 0.226 e. The van der Waals surface area contributed by atoms with E-state index in [-0.39, 0.29) is 23.7 Å². The Balaban J connectivity index is 1.49. The maximum absolute atomic E-state index is 12.5. The second kappa shape index (κ2) is 6.67. The predicted octanol–water partition coefficient (Wildman–Crippen LogP) is 0.326. The number of amides is 3. The van der Waals surface area contributed by atoms with Gasteiger partial charge in [-0.15, -0.1) is 0 Å². The molecule has 1 saturated carbocycles. The van der Waals surface area contributed by atoms with E-state index in [1.165, 1.54) is 12.8 Å². The molecule has 6 heteroatoms. The highest BCUT2D eigenvalue weighted by Gasteiger charge is 2.50. The second-order valence-corrected chi connectivity index (χ2v) is 6.65. The Labute approximate surface area is 131 Å². The van der Waals surface area contributed by atoms with Gasteiger partial charge in [0.15, 0.2) is 0 Å². The first-order valence-electron chi connectivity index (χ1n) is 8.47. The van der Waals surface area contributed by atoms with E-state index in [0.29, 0.717) is 32.6 Å². The fourth-order valence-corrected chi connectivity index (χ4v) is 3.55. The molecule has 3 fully saturated rings. The maximum atomic E-state index is 12.5. The number of carbonyl (C=O) groups excluding carboxylic acids is 3. The molecule has 2 heterocycles. The summed E-state index contributed by atoms with van der Waals surface area (Å²) in [7, 11) is 0. The van der Waals surface area contributed by atoms with Crippen molar-refractivity contribution in [2.45, 2.75) is 32.1 Å². The zero-order valence-electron chi connectivity index (χ0n) is 13.1. The van der Waals surface area contributed by atoms with Gasteiger partial charge in [-0.2, -0.15) is 0 Å². The minimum Gasteiger partial charge on any atom is -0.342 e. The van der Waals surface area contributed by atoms with Crippen LogP contribution in [0.25, 0.3) is 0 Å². The van der Waals surface area contributed by atoms with Gasteiger partial charge in [0.05, 0.1) is 11.8 Å². The highest BCUT2D eigenvalue weighted by atomic mass is 16.2. The zero-order chi connectivity index (χ0) is 15.5. The van der Waals surface area contributed by atoms with Crippen LogP contribution in [0.4, 0.5) is 0 Å². The number of rotatable bonds is 3. The largest absolute Gasteiger partial charge is 0.342 e. The highest BCUT2D eigenvalue weighted by Crippen LogP contribution is 2.41. The van der Waals surface area contributed by atoms with E-state index in [0.717, 1.165) is 32.3 Å². The Morgan fingerprint density at radius 1 is 0.727 bits per heavy atom. The third-order valence-corrected chi connectivity index (χ3v) is 5.12. The highest BCUT2D eigenvalue weighted by molar-refractivity contribution is 5.92. The van der Waals surface area contributed by atoms with Crippen LogP contribution in [0.3, 0.4) is 0 Å². The van der Waals surface area contributed by atoms with Crippen molar-refractivity contribution in [3.63, 3.8) is 0 Å². The van der Waals surface area contributed by atoms with Crippen molar-refractivity contribution in [3.05, 3.63) is 0 Å². The van der Waals surface area contributed by atoms with Crippen LogP contribution in [-0.2, 0) is 14.4 Å². The van der Waals surface area contributed by atoms with Crippen molar-refractivity contribution < 1.29 is 14.4 Å². The van der Waals surface area contributed by atoms with Crippen LogP contribution in [0.5, 0.6) is 0 Å². The first kappa shape index (κ1) is 15.3. The SMILES string of the molecule is O=CN1CCN(C(=O)C2CC2C(=O)N2CCCCCC2)CC1. The number of piperazine rings is 1. The van der Waals surface area contributed by atoms with Crippen LogP contribution in [0, 0.1) is 11.8 Å². The minimum absolute atomic E-state index is 0.0882. The van der Waals surface area contributed by atoms with Crippen molar-refractivity contribution in [3.8, 4) is 0 Å². The molecule has 0 aromatic carbocycles. The first-order valence-corrected chi connectivity index (χ1v) is 8.47. The van der Waals surface area contributed by atoms with Gasteiger partial charge in [0.25, 0.3) is 0 Å². The molecule has 0 spiro atoms. The molecule has 1 aliphatic carbocycles. The minimum atomic E-state index is -0.112. The molecule has 0 N–H and O–H groups in total. The third kappa shape index (κ3) is 3.25. The van der Waals surface area contributed by atoms with Crippen LogP contribution < -0.4 is 0 Å². The average molecular weight is 307 g/mol. The number of carbonyl (C=O) groups is 3. The normalized spacial score (nSPS) is 29.0. The van der Waals surface area contributed by atoms with Crippen molar-refractivity contribution in [2.24, 2.45) is 11.8 Å². The third-order valence-electron chi connectivity index (χ3n) is 5.12. The Morgan fingerprint density at radius 2 is 1.23 bits per heavy atom. The molecule has 3 rings (SSSR count). The molecule has 6 nitrogen and oxygen atoms in total. The molecule has 2 atom stereocenters. The van der Waals surface area contributed by atoms with Crippen molar-refractivity contribution in [1.29, 1.82) is 0 Å². The molecular formula is C16H25N3O3. The number of likely N-dealkylation sites (tertiary alicyclic amines) is 1. The summed E-state index contributed by atoms with van der Waals surface area (Å²) in [6, 6.07) is 0. The number of hydrogen-bond acceptors (Lipinski definition) is 3. The molecule has 122 valence electrons. The van der Waals surface area contributed by atoms with Gasteiger partial charge < -0.3 is 14.7 Å². The molecule has 2 unspecified atom stereocenters. The van der Waals surface area contributed by atoms with E-state index < -0.39 is 0 Å². The Morgan fingerprint density at radius 3 is 1.73 bits per heavy atom. The van der Waals surface area contributed by atoms with Crippen molar-refractivity contribution in [2.75, 3.05) is 39.3 Å². The fourth-order valence-electron chi connectivity index (χ4n) is 3.55. The van der Waals surface area contributed by atoms with Crippen LogP contribution in [-0.4, -0.2) is 72.2 Å². The maximum Gasteiger partial charge on any atom is 0.226 e. The zero-order valence-corrected chi connectivity index (χ0v) is 13.1. The molecule has 0 radical (unpaired) electrons. The summed E-state index contributed by atoms with van der Waals surface area (Å²) in [5.74, 6) is 0.0960. The quantitative estimate of drug-likeness (QED) is 0.706. The van der Waals surface area contributed by atoms with Gasteiger partial charge >= 0.3 is 0 Å². The summed E-state index contributed by atoms with van der Waals surface area (Å²) in [6.07, 6.45) is 6.14. The summed E-state index contributed by atoms with van der Waals surface area (Å²) < 4.78 is 0. The summed E-state index contributed by atoms with van der Waals surface area (Å²) in [5, 5.41) is 0. The Bertz CT molecular complexity index is 438. The Kier molecular flexibility index (Phi) is 4.64. The Hall–Kier alpha value is -1.59. The van der Waals surface area contributed by atoms with E-state index in [9.17, 15) is 14.4 Å². The summed E-state index contributed by atoms with van der Waals surface area (Å²) in [5.41, 5.74) is 0. The van der Waals surface area contributed by atoms with E-state index in [4.69, 9.17) is 0 Å². The lowest BCUT2D eigenvalue weighted by Gasteiger charge is -2.32. The molecule has 0 bridgehead atoms. The molecule has 2 aliphatic heterocycles. The van der Waals surface area contributed by atoms with E-state index in [1.54, 1.807) is 4.90 Å². The molecule has 0 aromatic heterocycles. The van der Waals surface area contributed by atoms with E-state index in [2.05, 4.69) is 0 Å².